The number of nitrogens with zero attached hydrogens (tertiary/aromatic N) is 1. The van der Waals surface area contributed by atoms with Crippen LogP contribution in [0.5, 0.6) is 0 Å². The lowest BCUT2D eigenvalue weighted by Gasteiger charge is -2.36. The third-order valence-electron chi connectivity index (χ3n) is 4.31. The Morgan fingerprint density at radius 3 is 3.05 bits per heavy atom. The van der Waals surface area contributed by atoms with Gasteiger partial charge in [-0.15, -0.1) is 0 Å². The Hall–Kier alpha value is -0.570. The molecule has 1 aliphatic heterocycles. The van der Waals surface area contributed by atoms with Gasteiger partial charge in [0, 0.05) is 24.2 Å². The Labute approximate surface area is 128 Å². The fourth-order valence-corrected chi connectivity index (χ4v) is 3.32. The fraction of sp³-hybridized carbons (Fsp3) is 0.647. The second-order valence-electron chi connectivity index (χ2n) is 6.00. The van der Waals surface area contributed by atoms with Crippen molar-refractivity contribution in [3.05, 3.63) is 34.9 Å². The summed E-state index contributed by atoms with van der Waals surface area (Å²) in [5.41, 5.74) is 1.27. The molecule has 1 aromatic carbocycles. The zero-order chi connectivity index (χ0) is 14.4. The molecule has 1 N–H and O–H groups in total. The van der Waals surface area contributed by atoms with Gasteiger partial charge in [0.1, 0.15) is 0 Å². The molecule has 0 saturated carbocycles. The minimum atomic E-state index is 0.564. The zero-order valence-electron chi connectivity index (χ0n) is 12.7. The molecule has 1 aliphatic rings. The molecule has 0 spiro atoms. The van der Waals surface area contributed by atoms with E-state index < -0.39 is 0 Å². The Kier molecular flexibility index (Phi) is 6.34. The van der Waals surface area contributed by atoms with E-state index in [-0.39, 0.29) is 0 Å². The van der Waals surface area contributed by atoms with Crippen molar-refractivity contribution in [2.45, 2.75) is 45.7 Å². The van der Waals surface area contributed by atoms with Crippen molar-refractivity contribution in [3.63, 3.8) is 0 Å². The van der Waals surface area contributed by atoms with Crippen LogP contribution in [0.15, 0.2) is 24.3 Å². The molecule has 112 valence electrons. The molecule has 2 unspecified atom stereocenters. The lowest BCUT2D eigenvalue weighted by atomic mass is 9.91. The van der Waals surface area contributed by atoms with Crippen molar-refractivity contribution in [1.29, 1.82) is 0 Å². The monoisotopic (exact) mass is 294 g/mol. The van der Waals surface area contributed by atoms with E-state index in [1.807, 2.05) is 18.2 Å². The molecule has 1 aromatic rings. The molecule has 0 amide bonds. The molecule has 0 bridgehead atoms. The van der Waals surface area contributed by atoms with Gasteiger partial charge in [0.05, 0.1) is 0 Å². The van der Waals surface area contributed by atoms with Crippen LogP contribution in [-0.4, -0.2) is 30.6 Å². The number of hydrogen-bond donors (Lipinski definition) is 1. The molecule has 1 fully saturated rings. The minimum Gasteiger partial charge on any atom is -0.310 e. The first-order valence-electron chi connectivity index (χ1n) is 7.89. The molecule has 2 nitrogen and oxygen atoms in total. The number of piperidine rings is 1. The third-order valence-corrected chi connectivity index (χ3v) is 4.54. The van der Waals surface area contributed by atoms with E-state index in [1.54, 1.807) is 0 Å². The van der Waals surface area contributed by atoms with Gasteiger partial charge in [-0.05, 0) is 62.9 Å². The van der Waals surface area contributed by atoms with Crippen molar-refractivity contribution < 1.29 is 0 Å². The number of hydrogen-bond acceptors (Lipinski definition) is 2. The van der Waals surface area contributed by atoms with Gasteiger partial charge in [-0.25, -0.2) is 0 Å². The molecule has 20 heavy (non-hydrogen) atoms. The van der Waals surface area contributed by atoms with E-state index in [0.717, 1.165) is 17.5 Å². The Bertz CT molecular complexity index is 406. The molecule has 1 heterocycles. The predicted octanol–water partition coefficient (Wildman–Crippen LogP) is 3.94. The maximum atomic E-state index is 6.03. The van der Waals surface area contributed by atoms with Crippen LogP contribution < -0.4 is 5.32 Å². The quantitative estimate of drug-likeness (QED) is 0.855. The summed E-state index contributed by atoms with van der Waals surface area (Å²) in [5.74, 6) is 0.773. The first kappa shape index (κ1) is 15.8. The number of likely N-dealkylation sites (tertiary alicyclic amines) is 1. The molecule has 3 heteroatoms. The molecule has 2 rings (SSSR count). The first-order chi connectivity index (χ1) is 9.69. The van der Waals surface area contributed by atoms with Crippen molar-refractivity contribution >= 4 is 11.6 Å². The van der Waals surface area contributed by atoms with Gasteiger partial charge >= 0.3 is 0 Å². The van der Waals surface area contributed by atoms with Crippen LogP contribution in [0.3, 0.4) is 0 Å². The minimum absolute atomic E-state index is 0.564. The van der Waals surface area contributed by atoms with E-state index in [9.17, 15) is 0 Å². The van der Waals surface area contributed by atoms with Crippen LogP contribution in [0, 0.1) is 5.92 Å². The van der Waals surface area contributed by atoms with Crippen LogP contribution in [-0.2, 0) is 6.54 Å². The Morgan fingerprint density at radius 1 is 1.45 bits per heavy atom. The van der Waals surface area contributed by atoms with Gasteiger partial charge in [-0.1, -0.05) is 30.7 Å². The molecule has 2 atom stereocenters. The largest absolute Gasteiger partial charge is 0.310 e. The van der Waals surface area contributed by atoms with Crippen molar-refractivity contribution in [1.82, 2.24) is 10.2 Å². The van der Waals surface area contributed by atoms with E-state index in [4.69, 9.17) is 11.6 Å². The summed E-state index contributed by atoms with van der Waals surface area (Å²) in [7, 11) is 0. The lowest BCUT2D eigenvalue weighted by Crippen LogP contribution is -2.44. The van der Waals surface area contributed by atoms with Crippen LogP contribution in [0.4, 0.5) is 0 Å². The lowest BCUT2D eigenvalue weighted by molar-refractivity contribution is 0.150. The topological polar surface area (TPSA) is 15.3 Å². The molecule has 0 aliphatic carbocycles. The van der Waals surface area contributed by atoms with Gasteiger partial charge in [0.2, 0.25) is 0 Å². The molecular weight excluding hydrogens is 268 g/mol. The van der Waals surface area contributed by atoms with Crippen LogP contribution >= 0.6 is 11.6 Å². The molecule has 0 radical (unpaired) electrons. The van der Waals surface area contributed by atoms with E-state index in [0.29, 0.717) is 6.04 Å². The normalized spacial score (nSPS) is 21.9. The molecule has 0 aromatic heterocycles. The molecule has 1 saturated heterocycles. The van der Waals surface area contributed by atoms with Gasteiger partial charge in [-0.2, -0.15) is 0 Å². The summed E-state index contributed by atoms with van der Waals surface area (Å²) in [6.07, 6.45) is 3.95. The van der Waals surface area contributed by atoms with Crippen LogP contribution in [0.25, 0.3) is 0 Å². The first-order valence-corrected chi connectivity index (χ1v) is 8.27. The van der Waals surface area contributed by atoms with E-state index in [1.165, 1.54) is 44.5 Å². The standard InChI is InChI=1S/C17H27ClN2/c1-3-9-20-10-5-7-16(13-20)14(2)19-12-15-6-4-8-17(18)11-15/h4,6,8,11,14,16,19H,3,5,7,9-10,12-13H2,1-2H3. The number of rotatable bonds is 6. The summed E-state index contributed by atoms with van der Waals surface area (Å²) in [5, 5.41) is 4.50. The fourth-order valence-electron chi connectivity index (χ4n) is 3.11. The van der Waals surface area contributed by atoms with Gasteiger partial charge in [-0.3, -0.25) is 0 Å². The third kappa shape index (κ3) is 4.76. The predicted molar refractivity (Wildman–Crippen MR) is 87.2 cm³/mol. The maximum absolute atomic E-state index is 6.03. The maximum Gasteiger partial charge on any atom is 0.0409 e. The average Bonchev–Trinajstić information content (AvgIpc) is 2.45. The van der Waals surface area contributed by atoms with Gasteiger partial charge in [0.25, 0.3) is 0 Å². The summed E-state index contributed by atoms with van der Waals surface area (Å²) >= 11 is 6.03. The summed E-state index contributed by atoms with van der Waals surface area (Å²) in [4.78, 5) is 2.62. The second kappa shape index (κ2) is 8.02. The zero-order valence-corrected chi connectivity index (χ0v) is 13.5. The smallest absolute Gasteiger partial charge is 0.0409 e. The van der Waals surface area contributed by atoms with Crippen molar-refractivity contribution in [3.8, 4) is 0 Å². The Balaban J connectivity index is 1.80. The highest BCUT2D eigenvalue weighted by atomic mass is 35.5. The van der Waals surface area contributed by atoms with Crippen LogP contribution in [0.1, 0.15) is 38.7 Å². The van der Waals surface area contributed by atoms with E-state index in [2.05, 4.69) is 30.1 Å². The van der Waals surface area contributed by atoms with Crippen molar-refractivity contribution in [2.24, 2.45) is 5.92 Å². The second-order valence-corrected chi connectivity index (χ2v) is 6.44. The Morgan fingerprint density at radius 2 is 2.30 bits per heavy atom. The highest BCUT2D eigenvalue weighted by Crippen LogP contribution is 2.20. The summed E-state index contributed by atoms with van der Waals surface area (Å²) in [6, 6.07) is 8.70. The highest BCUT2D eigenvalue weighted by Gasteiger charge is 2.23. The highest BCUT2D eigenvalue weighted by molar-refractivity contribution is 6.30. The van der Waals surface area contributed by atoms with Crippen molar-refractivity contribution in [2.75, 3.05) is 19.6 Å². The number of nitrogens with one attached hydrogen (secondary N) is 1. The van der Waals surface area contributed by atoms with Crippen LogP contribution in [0.2, 0.25) is 5.02 Å². The summed E-state index contributed by atoms with van der Waals surface area (Å²) < 4.78 is 0. The van der Waals surface area contributed by atoms with Gasteiger partial charge < -0.3 is 10.2 Å². The van der Waals surface area contributed by atoms with E-state index >= 15 is 0 Å². The molecular formula is C17H27ClN2. The average molecular weight is 295 g/mol. The van der Waals surface area contributed by atoms with Gasteiger partial charge in [0.15, 0.2) is 0 Å². The summed E-state index contributed by atoms with van der Waals surface area (Å²) in [6.45, 7) is 9.28. The number of halogens is 1. The number of benzene rings is 1. The SMILES string of the molecule is CCCN1CCCC(C(C)NCc2cccc(Cl)c2)C1.